The van der Waals surface area contributed by atoms with E-state index >= 15 is 0 Å². The van der Waals surface area contributed by atoms with Gasteiger partial charge < -0.3 is 9.64 Å². The quantitative estimate of drug-likeness (QED) is 0.856. The van der Waals surface area contributed by atoms with Crippen molar-refractivity contribution in [3.63, 3.8) is 0 Å². The Bertz CT molecular complexity index is 754. The van der Waals surface area contributed by atoms with E-state index in [1.54, 1.807) is 4.90 Å². The number of hydrogen-bond donors (Lipinski definition) is 0. The predicted molar refractivity (Wildman–Crippen MR) is 87.2 cm³/mol. The summed E-state index contributed by atoms with van der Waals surface area (Å²) in [6, 6.07) is 7.36. The number of nitrogens with zero attached hydrogens (tertiary/aromatic N) is 3. The van der Waals surface area contributed by atoms with Crippen LogP contribution < -0.4 is 5.56 Å². The van der Waals surface area contributed by atoms with Crippen LogP contribution in [0.5, 0.6) is 0 Å². The van der Waals surface area contributed by atoms with Gasteiger partial charge in [-0.1, -0.05) is 12.1 Å². The van der Waals surface area contributed by atoms with E-state index in [4.69, 9.17) is 4.74 Å². The highest BCUT2D eigenvalue weighted by molar-refractivity contribution is 5.80. The zero-order valence-corrected chi connectivity index (χ0v) is 13.3. The largest absolute Gasteiger partial charge is 0.377 e. The van der Waals surface area contributed by atoms with Crippen molar-refractivity contribution in [2.75, 3.05) is 19.7 Å². The Labute approximate surface area is 134 Å². The lowest BCUT2D eigenvalue weighted by molar-refractivity contribution is -0.135. The Morgan fingerprint density at radius 3 is 3.04 bits per heavy atom. The van der Waals surface area contributed by atoms with Crippen LogP contribution in [-0.4, -0.2) is 46.2 Å². The molecule has 2 aromatic rings. The van der Waals surface area contributed by atoms with E-state index in [0.717, 1.165) is 19.4 Å². The average Bonchev–Trinajstić information content (AvgIpc) is 2.58. The lowest BCUT2D eigenvalue weighted by Crippen LogP contribution is -2.45. The molecule has 0 spiro atoms. The molecule has 1 aliphatic rings. The van der Waals surface area contributed by atoms with Crippen LogP contribution in [0.3, 0.4) is 0 Å². The van der Waals surface area contributed by atoms with Crippen molar-refractivity contribution in [2.45, 2.75) is 32.4 Å². The van der Waals surface area contributed by atoms with Crippen molar-refractivity contribution in [3.8, 4) is 0 Å². The molecule has 1 aromatic heterocycles. The summed E-state index contributed by atoms with van der Waals surface area (Å²) >= 11 is 0. The molecule has 3 rings (SSSR count). The van der Waals surface area contributed by atoms with E-state index in [9.17, 15) is 9.59 Å². The number of para-hydroxylation sites is 2. The lowest BCUT2D eigenvalue weighted by atomic mass is 10.1. The molecule has 1 amide bonds. The van der Waals surface area contributed by atoms with E-state index in [-0.39, 0.29) is 24.1 Å². The third-order valence-electron chi connectivity index (χ3n) is 4.18. The molecule has 0 N–H and O–H groups in total. The molecule has 6 nitrogen and oxygen atoms in total. The lowest BCUT2D eigenvalue weighted by Gasteiger charge is -2.32. The van der Waals surface area contributed by atoms with Crippen LogP contribution in [-0.2, 0) is 16.1 Å². The molecule has 1 atom stereocenters. The highest BCUT2D eigenvalue weighted by atomic mass is 16.5. The number of carbonyl (C=O) groups is 1. The Morgan fingerprint density at radius 1 is 1.39 bits per heavy atom. The van der Waals surface area contributed by atoms with Gasteiger partial charge in [-0.2, -0.15) is 0 Å². The number of piperidine rings is 1. The molecule has 6 heteroatoms. The number of fused-ring (bicyclic) bond motifs is 1. The fourth-order valence-electron chi connectivity index (χ4n) is 3.05. The van der Waals surface area contributed by atoms with Crippen molar-refractivity contribution < 1.29 is 9.53 Å². The van der Waals surface area contributed by atoms with Gasteiger partial charge in [-0.05, 0) is 31.9 Å². The SMILES string of the molecule is CCOC1CCCN(C(=O)Cn2c(=O)cnc3ccccc32)C1. The Hall–Kier alpha value is -2.21. The minimum absolute atomic E-state index is 0.0424. The molecular weight excluding hydrogens is 294 g/mol. The minimum Gasteiger partial charge on any atom is -0.377 e. The smallest absolute Gasteiger partial charge is 0.269 e. The van der Waals surface area contributed by atoms with E-state index in [0.29, 0.717) is 24.2 Å². The van der Waals surface area contributed by atoms with Gasteiger partial charge in [0.2, 0.25) is 5.91 Å². The third-order valence-corrected chi connectivity index (χ3v) is 4.18. The topological polar surface area (TPSA) is 64.4 Å². The summed E-state index contributed by atoms with van der Waals surface area (Å²) in [7, 11) is 0. The summed E-state index contributed by atoms with van der Waals surface area (Å²) in [5.41, 5.74) is 1.15. The molecule has 1 saturated heterocycles. The van der Waals surface area contributed by atoms with Gasteiger partial charge in [-0.3, -0.25) is 14.2 Å². The first-order valence-corrected chi connectivity index (χ1v) is 8.03. The Morgan fingerprint density at radius 2 is 2.22 bits per heavy atom. The first kappa shape index (κ1) is 15.7. The molecule has 0 bridgehead atoms. The molecule has 1 aliphatic heterocycles. The zero-order chi connectivity index (χ0) is 16.2. The number of benzene rings is 1. The van der Waals surface area contributed by atoms with Crippen molar-refractivity contribution >= 4 is 16.9 Å². The van der Waals surface area contributed by atoms with Gasteiger partial charge >= 0.3 is 0 Å². The summed E-state index contributed by atoms with van der Waals surface area (Å²) in [5.74, 6) is -0.0483. The fourth-order valence-corrected chi connectivity index (χ4v) is 3.05. The summed E-state index contributed by atoms with van der Waals surface area (Å²) in [5, 5.41) is 0. The highest BCUT2D eigenvalue weighted by Crippen LogP contribution is 2.14. The Kier molecular flexibility index (Phi) is 4.71. The summed E-state index contributed by atoms with van der Waals surface area (Å²) in [6.45, 7) is 3.98. The number of rotatable bonds is 4. The fraction of sp³-hybridized carbons (Fsp3) is 0.471. The van der Waals surface area contributed by atoms with E-state index < -0.39 is 0 Å². The minimum atomic E-state index is -0.254. The number of amides is 1. The second-order valence-electron chi connectivity index (χ2n) is 5.73. The second kappa shape index (κ2) is 6.91. The van der Waals surface area contributed by atoms with E-state index in [1.165, 1.54) is 10.8 Å². The maximum absolute atomic E-state index is 12.6. The molecular formula is C17H21N3O3. The van der Waals surface area contributed by atoms with Crippen molar-refractivity contribution in [1.29, 1.82) is 0 Å². The van der Waals surface area contributed by atoms with Crippen LogP contribution in [0.1, 0.15) is 19.8 Å². The summed E-state index contributed by atoms with van der Waals surface area (Å²) < 4.78 is 7.13. The molecule has 2 heterocycles. The van der Waals surface area contributed by atoms with Gasteiger partial charge in [0.05, 0.1) is 23.3 Å². The van der Waals surface area contributed by atoms with Crippen LogP contribution >= 0.6 is 0 Å². The standard InChI is InChI=1S/C17H21N3O3/c1-2-23-13-6-5-9-19(11-13)17(22)12-20-15-8-4-3-7-14(15)18-10-16(20)21/h3-4,7-8,10,13H,2,5-6,9,11-12H2,1H3. The monoisotopic (exact) mass is 315 g/mol. The van der Waals surface area contributed by atoms with Gasteiger partial charge in [-0.15, -0.1) is 0 Å². The second-order valence-corrected chi connectivity index (χ2v) is 5.73. The van der Waals surface area contributed by atoms with Crippen LogP contribution in [0.25, 0.3) is 11.0 Å². The summed E-state index contributed by atoms with van der Waals surface area (Å²) in [6.07, 6.45) is 3.29. The molecule has 1 fully saturated rings. The van der Waals surface area contributed by atoms with Crippen molar-refractivity contribution in [1.82, 2.24) is 14.5 Å². The first-order chi connectivity index (χ1) is 11.2. The predicted octanol–water partition coefficient (Wildman–Crippen LogP) is 1.42. The molecule has 1 unspecified atom stereocenters. The molecule has 23 heavy (non-hydrogen) atoms. The first-order valence-electron chi connectivity index (χ1n) is 8.03. The van der Waals surface area contributed by atoms with Gasteiger partial charge in [0, 0.05) is 19.7 Å². The maximum Gasteiger partial charge on any atom is 0.269 e. The van der Waals surface area contributed by atoms with Crippen LogP contribution in [0.2, 0.25) is 0 Å². The molecule has 0 saturated carbocycles. The highest BCUT2D eigenvalue weighted by Gasteiger charge is 2.24. The van der Waals surface area contributed by atoms with Crippen LogP contribution in [0.15, 0.2) is 35.3 Å². The number of likely N-dealkylation sites (tertiary alicyclic amines) is 1. The summed E-state index contributed by atoms with van der Waals surface area (Å²) in [4.78, 5) is 30.6. The number of hydrogen-bond acceptors (Lipinski definition) is 4. The van der Waals surface area contributed by atoms with Gasteiger partial charge in [0.15, 0.2) is 0 Å². The van der Waals surface area contributed by atoms with Crippen molar-refractivity contribution in [2.24, 2.45) is 0 Å². The Balaban J connectivity index is 1.80. The molecule has 1 aromatic carbocycles. The third kappa shape index (κ3) is 3.42. The normalized spacial score (nSPS) is 18.3. The van der Waals surface area contributed by atoms with Gasteiger partial charge in [0.25, 0.3) is 5.56 Å². The number of ether oxygens (including phenoxy) is 1. The zero-order valence-electron chi connectivity index (χ0n) is 13.3. The van der Waals surface area contributed by atoms with Crippen LogP contribution in [0, 0.1) is 0 Å². The number of aromatic nitrogens is 2. The van der Waals surface area contributed by atoms with Crippen molar-refractivity contribution in [3.05, 3.63) is 40.8 Å². The number of carbonyl (C=O) groups excluding carboxylic acids is 1. The van der Waals surface area contributed by atoms with E-state index in [1.807, 2.05) is 31.2 Å². The molecule has 0 radical (unpaired) electrons. The van der Waals surface area contributed by atoms with E-state index in [2.05, 4.69) is 4.98 Å². The molecule has 122 valence electrons. The average molecular weight is 315 g/mol. The van der Waals surface area contributed by atoms with Crippen LogP contribution in [0.4, 0.5) is 0 Å². The molecule has 0 aliphatic carbocycles. The van der Waals surface area contributed by atoms with Gasteiger partial charge in [-0.25, -0.2) is 4.98 Å². The van der Waals surface area contributed by atoms with Gasteiger partial charge in [0.1, 0.15) is 6.54 Å². The maximum atomic E-state index is 12.6.